The van der Waals surface area contributed by atoms with Gasteiger partial charge in [-0.1, -0.05) is 74.8 Å². The summed E-state index contributed by atoms with van der Waals surface area (Å²) in [5.41, 5.74) is 2.24. The summed E-state index contributed by atoms with van der Waals surface area (Å²) in [5.74, 6) is 0. The molecular weight excluding hydrogens is 230 g/mol. The van der Waals surface area contributed by atoms with E-state index in [0.717, 1.165) is 17.6 Å². The van der Waals surface area contributed by atoms with Crippen LogP contribution in [0.25, 0.3) is 0 Å². The summed E-state index contributed by atoms with van der Waals surface area (Å²) in [7, 11) is 1.75. The van der Waals surface area contributed by atoms with E-state index in [-0.39, 0.29) is 0 Å². The molecule has 0 aliphatic heterocycles. The van der Waals surface area contributed by atoms with Crippen molar-refractivity contribution in [3.8, 4) is 0 Å². The van der Waals surface area contributed by atoms with Crippen molar-refractivity contribution in [2.45, 2.75) is 13.3 Å². The Labute approximate surface area is 117 Å². The van der Waals surface area contributed by atoms with Crippen LogP contribution in [0.1, 0.15) is 13.3 Å². The molecule has 19 heavy (non-hydrogen) atoms. The molecule has 0 rings (SSSR count). The van der Waals surface area contributed by atoms with Crippen LogP contribution in [0.2, 0.25) is 0 Å². The molecule has 0 N–H and O–H groups in total. The molecule has 0 aromatic carbocycles. The van der Waals surface area contributed by atoms with Gasteiger partial charge in [0, 0.05) is 13.3 Å². The molecule has 0 aromatic heterocycles. The maximum absolute atomic E-state index is 3.91. The quantitative estimate of drug-likeness (QED) is 0.427. The van der Waals surface area contributed by atoms with E-state index < -0.39 is 0 Å². The molecule has 0 radical (unpaired) electrons. The van der Waals surface area contributed by atoms with Gasteiger partial charge in [-0.05, 0) is 23.6 Å². The molecular formula is C18H23N. The molecule has 0 amide bonds. The highest BCUT2D eigenvalue weighted by Gasteiger charge is 1.87. The van der Waals surface area contributed by atoms with Crippen LogP contribution < -0.4 is 0 Å². The average molecular weight is 253 g/mol. The first-order chi connectivity index (χ1) is 9.28. The summed E-state index contributed by atoms with van der Waals surface area (Å²) in [5, 5.41) is 0. The van der Waals surface area contributed by atoms with Crippen molar-refractivity contribution in [3.63, 3.8) is 0 Å². The number of hydrogen-bond acceptors (Lipinski definition) is 1. The zero-order chi connectivity index (χ0) is 14.3. The van der Waals surface area contributed by atoms with E-state index in [2.05, 4.69) is 43.3 Å². The van der Waals surface area contributed by atoms with Gasteiger partial charge in [0.05, 0.1) is 0 Å². The molecule has 0 aliphatic rings. The average Bonchev–Trinajstić information content (AvgIpc) is 2.42. The van der Waals surface area contributed by atoms with Crippen LogP contribution in [0.15, 0.2) is 90.1 Å². The zero-order valence-electron chi connectivity index (χ0n) is 11.9. The fourth-order valence-electron chi connectivity index (χ4n) is 1.34. The SMILES string of the molecule is C=C\C=C/C(/C=C/C(/C=C\C=NC)=C/C=C)=C\CC. The minimum absolute atomic E-state index is 1.000. The second kappa shape index (κ2) is 12.3. The predicted molar refractivity (Wildman–Crippen MR) is 88.7 cm³/mol. The molecule has 0 fully saturated rings. The van der Waals surface area contributed by atoms with Crippen LogP contribution in [0.5, 0.6) is 0 Å². The highest BCUT2D eigenvalue weighted by Crippen LogP contribution is 2.07. The van der Waals surface area contributed by atoms with Gasteiger partial charge in [-0.25, -0.2) is 0 Å². The van der Waals surface area contributed by atoms with Crippen molar-refractivity contribution in [2.75, 3.05) is 7.05 Å². The third-order valence-electron chi connectivity index (χ3n) is 2.17. The highest BCUT2D eigenvalue weighted by atomic mass is 14.6. The van der Waals surface area contributed by atoms with Crippen LogP contribution in [-0.4, -0.2) is 13.3 Å². The Morgan fingerprint density at radius 3 is 2.21 bits per heavy atom. The number of allylic oxidation sites excluding steroid dienone is 12. The topological polar surface area (TPSA) is 12.4 Å². The lowest BCUT2D eigenvalue weighted by Crippen LogP contribution is -1.76. The predicted octanol–water partition coefficient (Wildman–Crippen LogP) is 4.99. The molecule has 1 heteroatoms. The lowest BCUT2D eigenvalue weighted by Gasteiger charge is -1.95. The van der Waals surface area contributed by atoms with Crippen molar-refractivity contribution in [3.05, 3.63) is 85.1 Å². The molecule has 100 valence electrons. The van der Waals surface area contributed by atoms with E-state index in [1.165, 1.54) is 0 Å². The molecule has 0 spiro atoms. The molecule has 0 unspecified atom stereocenters. The van der Waals surface area contributed by atoms with Crippen LogP contribution in [0.3, 0.4) is 0 Å². The monoisotopic (exact) mass is 253 g/mol. The number of nitrogens with zero attached hydrogens (tertiary/aromatic N) is 1. The van der Waals surface area contributed by atoms with E-state index in [4.69, 9.17) is 0 Å². The van der Waals surface area contributed by atoms with Gasteiger partial charge >= 0.3 is 0 Å². The van der Waals surface area contributed by atoms with E-state index in [1.54, 1.807) is 25.4 Å². The van der Waals surface area contributed by atoms with Crippen LogP contribution in [-0.2, 0) is 0 Å². The van der Waals surface area contributed by atoms with Gasteiger partial charge in [-0.15, -0.1) is 0 Å². The number of hydrogen-bond donors (Lipinski definition) is 0. The fourth-order valence-corrected chi connectivity index (χ4v) is 1.34. The Hall–Kier alpha value is -2.15. The standard InChI is InChI=1S/C18H23N/c1-5-8-12-17(10-6-2)14-15-18(11-7-3)13-9-16-19-4/h5,7-16H,1,3,6H2,2,4H3/b12-8-,13-9-,15-14+,17-10+,18-11+,19-16?. The summed E-state index contributed by atoms with van der Waals surface area (Å²) in [6.45, 7) is 9.52. The van der Waals surface area contributed by atoms with Gasteiger partial charge in [-0.3, -0.25) is 4.99 Å². The van der Waals surface area contributed by atoms with Gasteiger partial charge < -0.3 is 0 Å². The summed E-state index contributed by atoms with van der Waals surface area (Å²) in [4.78, 5) is 3.91. The number of aliphatic imine (C=N–C) groups is 1. The van der Waals surface area contributed by atoms with Crippen LogP contribution >= 0.6 is 0 Å². The Bertz CT molecular complexity index is 440. The van der Waals surface area contributed by atoms with Crippen LogP contribution in [0.4, 0.5) is 0 Å². The van der Waals surface area contributed by atoms with E-state index in [0.29, 0.717) is 0 Å². The first kappa shape index (κ1) is 16.9. The molecule has 0 saturated carbocycles. The van der Waals surface area contributed by atoms with Crippen molar-refractivity contribution < 1.29 is 0 Å². The smallest absolute Gasteiger partial charge is 0.0277 e. The first-order valence-corrected chi connectivity index (χ1v) is 6.37. The zero-order valence-corrected chi connectivity index (χ0v) is 11.9. The molecule has 0 saturated heterocycles. The molecule has 0 aromatic rings. The summed E-state index contributed by atoms with van der Waals surface area (Å²) in [6.07, 6.45) is 22.4. The Kier molecular flexibility index (Phi) is 10.9. The number of rotatable bonds is 8. The van der Waals surface area contributed by atoms with E-state index in [9.17, 15) is 0 Å². The summed E-state index contributed by atoms with van der Waals surface area (Å²) >= 11 is 0. The van der Waals surface area contributed by atoms with Crippen molar-refractivity contribution in [1.82, 2.24) is 0 Å². The first-order valence-electron chi connectivity index (χ1n) is 6.37. The third-order valence-corrected chi connectivity index (χ3v) is 2.17. The molecule has 0 heterocycles. The lowest BCUT2D eigenvalue weighted by molar-refractivity contribution is 1.21. The van der Waals surface area contributed by atoms with Crippen molar-refractivity contribution in [1.29, 1.82) is 0 Å². The van der Waals surface area contributed by atoms with E-state index >= 15 is 0 Å². The summed E-state index contributed by atoms with van der Waals surface area (Å²) in [6, 6.07) is 0. The van der Waals surface area contributed by atoms with Crippen LogP contribution in [0, 0.1) is 0 Å². The normalized spacial score (nSPS) is 14.2. The van der Waals surface area contributed by atoms with Crippen molar-refractivity contribution in [2.24, 2.45) is 4.99 Å². The van der Waals surface area contributed by atoms with Gasteiger partial charge in [0.15, 0.2) is 0 Å². The van der Waals surface area contributed by atoms with Gasteiger partial charge in [0.1, 0.15) is 0 Å². The van der Waals surface area contributed by atoms with Crippen molar-refractivity contribution >= 4 is 6.21 Å². The second-order valence-corrected chi connectivity index (χ2v) is 3.71. The highest BCUT2D eigenvalue weighted by molar-refractivity contribution is 5.72. The second-order valence-electron chi connectivity index (χ2n) is 3.71. The molecule has 1 nitrogen and oxygen atoms in total. The van der Waals surface area contributed by atoms with Gasteiger partial charge in [-0.2, -0.15) is 0 Å². The Morgan fingerprint density at radius 2 is 1.63 bits per heavy atom. The summed E-state index contributed by atoms with van der Waals surface area (Å²) < 4.78 is 0. The molecule has 0 atom stereocenters. The Morgan fingerprint density at radius 1 is 0.947 bits per heavy atom. The largest absolute Gasteiger partial charge is 0.297 e. The van der Waals surface area contributed by atoms with E-state index in [1.807, 2.05) is 30.4 Å². The van der Waals surface area contributed by atoms with Gasteiger partial charge in [0.2, 0.25) is 0 Å². The lowest BCUT2D eigenvalue weighted by atomic mass is 10.1. The van der Waals surface area contributed by atoms with Gasteiger partial charge in [0.25, 0.3) is 0 Å². The Balaban J connectivity index is 4.99. The maximum atomic E-state index is 3.91. The molecule has 0 bridgehead atoms. The molecule has 0 aliphatic carbocycles. The fraction of sp³-hybridized carbons (Fsp3) is 0.167. The minimum atomic E-state index is 1.000. The maximum Gasteiger partial charge on any atom is 0.0277 e. The minimum Gasteiger partial charge on any atom is -0.297 e. The third kappa shape index (κ3) is 9.54.